The van der Waals surface area contributed by atoms with Gasteiger partial charge in [0.05, 0.1) is 5.52 Å². The summed E-state index contributed by atoms with van der Waals surface area (Å²) in [5.41, 5.74) is 3.21. The molecule has 5 nitrogen and oxygen atoms in total. The van der Waals surface area contributed by atoms with E-state index in [1.807, 2.05) is 48.5 Å². The molecule has 4 rings (SSSR count). The number of rotatable bonds is 3. The minimum atomic E-state index is -0.210. The highest BCUT2D eigenvalue weighted by Crippen LogP contribution is 2.23. The molecule has 1 saturated heterocycles. The van der Waals surface area contributed by atoms with Gasteiger partial charge in [0.1, 0.15) is 17.5 Å². The number of aryl methyl sites for hydroxylation is 1. The molecule has 0 radical (unpaired) electrons. The van der Waals surface area contributed by atoms with Crippen LogP contribution in [0, 0.1) is 18.3 Å². The number of hydrogen-bond acceptors (Lipinski definition) is 4. The molecule has 0 unspecified atom stereocenters. The second kappa shape index (κ2) is 8.15. The summed E-state index contributed by atoms with van der Waals surface area (Å²) in [6.45, 7) is 4.63. The lowest BCUT2D eigenvalue weighted by Gasteiger charge is -2.35. The highest BCUT2D eigenvalue weighted by molar-refractivity contribution is 6.01. The Morgan fingerprint density at radius 3 is 2.45 bits per heavy atom. The van der Waals surface area contributed by atoms with Gasteiger partial charge in [0.25, 0.3) is 5.91 Å². The van der Waals surface area contributed by atoms with Crippen molar-refractivity contribution in [3.05, 3.63) is 77.4 Å². The summed E-state index contributed by atoms with van der Waals surface area (Å²) in [5, 5.41) is 10.6. The number of carbonyl (C=O) groups excluding carboxylic acids is 1. The first-order chi connectivity index (χ1) is 14.2. The first-order valence-electron chi connectivity index (χ1n) is 9.73. The normalized spacial score (nSPS) is 14.7. The molecule has 2 heterocycles. The number of fused-ring (bicyclic) bond motifs is 1. The minimum absolute atomic E-state index is 0.171. The zero-order valence-corrected chi connectivity index (χ0v) is 16.4. The van der Waals surface area contributed by atoms with Crippen LogP contribution < -0.4 is 4.90 Å². The van der Waals surface area contributed by atoms with Crippen molar-refractivity contribution < 1.29 is 4.79 Å². The number of nitriles is 1. The smallest absolute Gasteiger partial charge is 0.264 e. The number of benzene rings is 2. The molecule has 0 spiro atoms. The fourth-order valence-electron chi connectivity index (χ4n) is 3.66. The van der Waals surface area contributed by atoms with Gasteiger partial charge in [-0.3, -0.25) is 4.79 Å². The lowest BCUT2D eigenvalue weighted by Crippen LogP contribution is -2.49. The van der Waals surface area contributed by atoms with E-state index < -0.39 is 0 Å². The molecule has 2 aromatic carbocycles. The van der Waals surface area contributed by atoms with E-state index >= 15 is 0 Å². The molecule has 0 bridgehead atoms. The van der Waals surface area contributed by atoms with Crippen LogP contribution in [0.4, 0.5) is 5.82 Å². The molecule has 3 aromatic rings. The molecule has 0 N–H and O–H groups in total. The Bertz CT molecular complexity index is 1110. The van der Waals surface area contributed by atoms with Gasteiger partial charge in [0, 0.05) is 31.6 Å². The van der Waals surface area contributed by atoms with E-state index in [1.165, 1.54) is 5.56 Å². The Hall–Kier alpha value is -3.65. The lowest BCUT2D eigenvalue weighted by molar-refractivity contribution is -0.126. The second-order valence-corrected chi connectivity index (χ2v) is 7.17. The van der Waals surface area contributed by atoms with E-state index in [4.69, 9.17) is 4.98 Å². The fourth-order valence-corrected chi connectivity index (χ4v) is 3.66. The van der Waals surface area contributed by atoms with Gasteiger partial charge in [-0.25, -0.2) is 4.98 Å². The largest absolute Gasteiger partial charge is 0.353 e. The Kier molecular flexibility index (Phi) is 5.26. The van der Waals surface area contributed by atoms with Crippen LogP contribution >= 0.6 is 0 Å². The second-order valence-electron chi connectivity index (χ2n) is 7.17. The molecule has 0 aliphatic carbocycles. The van der Waals surface area contributed by atoms with Crippen LogP contribution in [-0.4, -0.2) is 42.0 Å². The Balaban J connectivity index is 1.47. The molecule has 144 valence electrons. The van der Waals surface area contributed by atoms with Gasteiger partial charge in [0.15, 0.2) is 0 Å². The molecule has 0 saturated carbocycles. The van der Waals surface area contributed by atoms with Crippen molar-refractivity contribution in [2.45, 2.75) is 6.92 Å². The number of carbonyl (C=O) groups is 1. The van der Waals surface area contributed by atoms with Crippen LogP contribution in [0.15, 0.2) is 66.2 Å². The predicted octanol–water partition coefficient (Wildman–Crippen LogP) is 3.80. The third-order valence-corrected chi connectivity index (χ3v) is 5.26. The van der Waals surface area contributed by atoms with Crippen LogP contribution in [0.1, 0.15) is 11.1 Å². The zero-order valence-electron chi connectivity index (χ0n) is 16.4. The molecule has 1 aromatic heterocycles. The van der Waals surface area contributed by atoms with E-state index in [0.29, 0.717) is 26.2 Å². The summed E-state index contributed by atoms with van der Waals surface area (Å²) in [5.74, 6) is 0.729. The average Bonchev–Trinajstić information content (AvgIpc) is 2.78. The van der Waals surface area contributed by atoms with Gasteiger partial charge in [-0.1, -0.05) is 48.5 Å². The quantitative estimate of drug-likeness (QED) is 0.511. The molecular formula is C24H22N4O. The number of anilines is 1. The van der Waals surface area contributed by atoms with Crippen molar-refractivity contribution >= 4 is 28.7 Å². The van der Waals surface area contributed by atoms with Crippen LogP contribution in [-0.2, 0) is 4.79 Å². The summed E-state index contributed by atoms with van der Waals surface area (Å²) >= 11 is 0. The maximum Gasteiger partial charge on any atom is 0.264 e. The number of hydrogen-bond donors (Lipinski definition) is 0. The molecule has 1 amide bonds. The number of piperazine rings is 1. The van der Waals surface area contributed by atoms with Gasteiger partial charge >= 0.3 is 0 Å². The topological polar surface area (TPSA) is 60.2 Å². The molecule has 1 aliphatic heterocycles. The van der Waals surface area contributed by atoms with E-state index in [0.717, 1.165) is 22.3 Å². The van der Waals surface area contributed by atoms with Gasteiger partial charge < -0.3 is 9.80 Å². The summed E-state index contributed by atoms with van der Waals surface area (Å²) < 4.78 is 0. The minimum Gasteiger partial charge on any atom is -0.353 e. The number of para-hydroxylation sites is 1. The molecule has 1 fully saturated rings. The number of nitrogens with zero attached hydrogens (tertiary/aromatic N) is 4. The Labute approximate surface area is 170 Å². The summed E-state index contributed by atoms with van der Waals surface area (Å²) in [6, 6.07) is 21.8. The lowest BCUT2D eigenvalue weighted by atomic mass is 10.1. The zero-order chi connectivity index (χ0) is 20.2. The highest BCUT2D eigenvalue weighted by atomic mass is 16.2. The molecule has 1 aliphatic rings. The van der Waals surface area contributed by atoms with Crippen molar-refractivity contribution in [3.63, 3.8) is 0 Å². The van der Waals surface area contributed by atoms with Crippen molar-refractivity contribution in [3.8, 4) is 6.07 Å². The third-order valence-electron chi connectivity index (χ3n) is 5.26. The van der Waals surface area contributed by atoms with E-state index in [-0.39, 0.29) is 11.5 Å². The Morgan fingerprint density at radius 2 is 1.72 bits per heavy atom. The Morgan fingerprint density at radius 1 is 1.03 bits per heavy atom. The van der Waals surface area contributed by atoms with Crippen LogP contribution in [0.2, 0.25) is 0 Å². The molecule has 5 heteroatoms. The van der Waals surface area contributed by atoms with Gasteiger partial charge in [-0.15, -0.1) is 0 Å². The maximum atomic E-state index is 12.8. The van der Waals surface area contributed by atoms with E-state index in [9.17, 15) is 10.1 Å². The van der Waals surface area contributed by atoms with Crippen LogP contribution in [0.5, 0.6) is 0 Å². The van der Waals surface area contributed by atoms with Crippen molar-refractivity contribution in [2.75, 3.05) is 31.1 Å². The molecule has 29 heavy (non-hydrogen) atoms. The maximum absolute atomic E-state index is 12.8. The predicted molar refractivity (Wildman–Crippen MR) is 115 cm³/mol. The highest BCUT2D eigenvalue weighted by Gasteiger charge is 2.24. The van der Waals surface area contributed by atoms with Gasteiger partial charge in [0.2, 0.25) is 0 Å². The van der Waals surface area contributed by atoms with Crippen LogP contribution in [0.3, 0.4) is 0 Å². The van der Waals surface area contributed by atoms with Crippen molar-refractivity contribution in [1.82, 2.24) is 9.88 Å². The summed E-state index contributed by atoms with van der Waals surface area (Å²) in [4.78, 5) is 21.6. The van der Waals surface area contributed by atoms with E-state index in [2.05, 4.69) is 30.0 Å². The summed E-state index contributed by atoms with van der Waals surface area (Å²) in [6.07, 6.45) is 1.66. The first-order valence-corrected chi connectivity index (χ1v) is 9.73. The van der Waals surface area contributed by atoms with Gasteiger partial charge in [-0.05, 0) is 36.3 Å². The number of aromatic nitrogens is 1. The molecule has 0 atom stereocenters. The third kappa shape index (κ3) is 3.97. The van der Waals surface area contributed by atoms with Crippen molar-refractivity contribution in [1.29, 1.82) is 5.26 Å². The van der Waals surface area contributed by atoms with Gasteiger partial charge in [-0.2, -0.15) is 5.26 Å². The van der Waals surface area contributed by atoms with E-state index in [1.54, 1.807) is 11.0 Å². The number of amides is 1. The monoisotopic (exact) mass is 382 g/mol. The number of pyridine rings is 1. The van der Waals surface area contributed by atoms with Crippen molar-refractivity contribution in [2.24, 2.45) is 0 Å². The average molecular weight is 382 g/mol. The summed E-state index contributed by atoms with van der Waals surface area (Å²) in [7, 11) is 0. The standard InChI is InChI=1S/C24H22N4O/c1-18-15-23(26-22-10-6-5-9-21(18)22)27-11-13-28(14-12-27)24(29)20(17-25)16-19-7-3-2-4-8-19/h2-10,15-16H,11-14H2,1H3/b20-16+. The SMILES string of the molecule is Cc1cc(N2CCN(C(=O)/C(C#N)=C/c3ccccc3)CC2)nc2ccccc12. The fraction of sp³-hybridized carbons (Fsp3) is 0.208. The van der Waals surface area contributed by atoms with Crippen LogP contribution in [0.25, 0.3) is 17.0 Å². The first kappa shape index (κ1) is 18.7. The molecular weight excluding hydrogens is 360 g/mol.